The van der Waals surface area contributed by atoms with Crippen LogP contribution in [0.1, 0.15) is 31.1 Å². The lowest BCUT2D eigenvalue weighted by molar-refractivity contribution is -0.144. The average molecular weight is 324 g/mol. The fraction of sp³-hybridized carbons (Fsp3) is 0.294. The van der Waals surface area contributed by atoms with Gasteiger partial charge in [0.25, 0.3) is 5.56 Å². The zero-order valence-corrected chi connectivity index (χ0v) is 13.3. The van der Waals surface area contributed by atoms with Crippen molar-refractivity contribution in [2.45, 2.75) is 25.3 Å². The van der Waals surface area contributed by atoms with Crippen LogP contribution in [0.2, 0.25) is 0 Å². The predicted molar refractivity (Wildman–Crippen MR) is 87.7 cm³/mol. The van der Waals surface area contributed by atoms with E-state index in [-0.39, 0.29) is 11.5 Å². The third-order valence-corrected chi connectivity index (χ3v) is 4.47. The number of carbonyl (C=O) groups excluding carboxylic acids is 1. The van der Waals surface area contributed by atoms with Gasteiger partial charge in [-0.25, -0.2) is 14.8 Å². The van der Waals surface area contributed by atoms with E-state index in [1.807, 2.05) is 31.2 Å². The summed E-state index contributed by atoms with van der Waals surface area (Å²) < 4.78 is 6.28. The molecule has 0 spiro atoms. The average Bonchev–Trinajstić information content (AvgIpc) is 3.16. The number of nitrogens with one attached hydrogen (secondary N) is 1. The van der Waals surface area contributed by atoms with Gasteiger partial charge in [-0.15, -0.1) is 0 Å². The Labute approximate surface area is 137 Å². The van der Waals surface area contributed by atoms with Gasteiger partial charge in [0, 0.05) is 12.1 Å². The van der Waals surface area contributed by atoms with Crippen molar-refractivity contribution >= 4 is 17.0 Å². The SMILES string of the molecule is COC(=O)[C@@H]1C[C@@H](C)c2ncc(-c3nc4ccccc4[nH]3)c(=O)n21. The number of hydrogen-bond acceptors (Lipinski definition) is 5. The second-order valence-electron chi connectivity index (χ2n) is 5.98. The Morgan fingerprint density at radius 3 is 2.92 bits per heavy atom. The maximum absolute atomic E-state index is 13.0. The molecule has 1 aromatic carbocycles. The van der Waals surface area contributed by atoms with Crippen LogP contribution in [0.15, 0.2) is 35.3 Å². The first-order chi connectivity index (χ1) is 11.6. The molecule has 0 amide bonds. The third-order valence-electron chi connectivity index (χ3n) is 4.47. The number of imidazole rings is 1. The summed E-state index contributed by atoms with van der Waals surface area (Å²) in [6, 6.07) is 6.91. The molecule has 1 aliphatic rings. The predicted octanol–water partition coefficient (Wildman–Crippen LogP) is 2.01. The lowest BCUT2D eigenvalue weighted by atomic mass is 10.1. The summed E-state index contributed by atoms with van der Waals surface area (Å²) in [5.74, 6) is 0.653. The highest BCUT2D eigenvalue weighted by Gasteiger charge is 2.36. The van der Waals surface area contributed by atoms with Crippen LogP contribution >= 0.6 is 0 Å². The first kappa shape index (κ1) is 14.6. The normalized spacial score (nSPS) is 19.4. The molecule has 0 aliphatic carbocycles. The molecule has 24 heavy (non-hydrogen) atoms. The van der Waals surface area contributed by atoms with Gasteiger partial charge in [0.05, 0.1) is 18.1 Å². The Hall–Kier alpha value is -2.96. The molecule has 1 aliphatic heterocycles. The van der Waals surface area contributed by atoms with Crippen LogP contribution < -0.4 is 5.56 Å². The molecule has 2 atom stereocenters. The molecule has 7 heteroatoms. The van der Waals surface area contributed by atoms with Gasteiger partial charge in [0.15, 0.2) is 0 Å². The lowest BCUT2D eigenvalue weighted by Crippen LogP contribution is -2.30. The Bertz CT molecular complexity index is 971. The number of H-pyrrole nitrogens is 1. The van der Waals surface area contributed by atoms with Crippen molar-refractivity contribution < 1.29 is 9.53 Å². The highest BCUT2D eigenvalue weighted by atomic mass is 16.5. The number of rotatable bonds is 2. The van der Waals surface area contributed by atoms with Gasteiger partial charge in [0.1, 0.15) is 23.3 Å². The van der Waals surface area contributed by atoms with Crippen LogP contribution in [0.4, 0.5) is 0 Å². The molecular formula is C17H16N4O3. The van der Waals surface area contributed by atoms with E-state index in [4.69, 9.17) is 4.74 Å². The molecule has 0 radical (unpaired) electrons. The van der Waals surface area contributed by atoms with Gasteiger partial charge in [-0.1, -0.05) is 19.1 Å². The highest BCUT2D eigenvalue weighted by molar-refractivity contribution is 5.79. The van der Waals surface area contributed by atoms with E-state index >= 15 is 0 Å². The van der Waals surface area contributed by atoms with Crippen molar-refractivity contribution in [3.63, 3.8) is 0 Å². The highest BCUT2D eigenvalue weighted by Crippen LogP contribution is 2.34. The van der Waals surface area contributed by atoms with Gasteiger partial charge < -0.3 is 9.72 Å². The van der Waals surface area contributed by atoms with E-state index in [0.717, 1.165) is 11.0 Å². The van der Waals surface area contributed by atoms with Crippen LogP contribution in [0.5, 0.6) is 0 Å². The minimum absolute atomic E-state index is 0.0199. The Kier molecular flexibility index (Phi) is 3.23. The van der Waals surface area contributed by atoms with Crippen LogP contribution in [-0.4, -0.2) is 32.6 Å². The second kappa shape index (κ2) is 5.30. The molecule has 0 bridgehead atoms. The summed E-state index contributed by atoms with van der Waals surface area (Å²) in [5.41, 5.74) is 1.68. The molecule has 4 rings (SSSR count). The maximum Gasteiger partial charge on any atom is 0.329 e. The number of methoxy groups -OCH3 is 1. The van der Waals surface area contributed by atoms with Crippen LogP contribution in [0.25, 0.3) is 22.4 Å². The van der Waals surface area contributed by atoms with E-state index in [0.29, 0.717) is 23.6 Å². The summed E-state index contributed by atoms with van der Waals surface area (Å²) in [6.45, 7) is 1.95. The zero-order valence-electron chi connectivity index (χ0n) is 13.3. The Balaban J connectivity index is 1.90. The fourth-order valence-electron chi connectivity index (χ4n) is 3.27. The van der Waals surface area contributed by atoms with Crippen molar-refractivity contribution in [1.29, 1.82) is 0 Å². The summed E-state index contributed by atoms with van der Waals surface area (Å²) in [4.78, 5) is 37.0. The van der Waals surface area contributed by atoms with Gasteiger partial charge in [-0.3, -0.25) is 9.36 Å². The summed E-state index contributed by atoms with van der Waals surface area (Å²) >= 11 is 0. The number of benzene rings is 1. The van der Waals surface area contributed by atoms with Crippen molar-refractivity contribution in [3.8, 4) is 11.4 Å². The number of fused-ring (bicyclic) bond motifs is 2. The second-order valence-corrected chi connectivity index (χ2v) is 5.98. The van der Waals surface area contributed by atoms with E-state index in [1.165, 1.54) is 17.9 Å². The summed E-state index contributed by atoms with van der Waals surface area (Å²) in [5, 5.41) is 0. The number of ether oxygens (including phenoxy) is 1. The van der Waals surface area contributed by atoms with Gasteiger partial charge in [0.2, 0.25) is 0 Å². The van der Waals surface area contributed by atoms with Gasteiger partial charge in [-0.05, 0) is 18.6 Å². The number of para-hydroxylation sites is 2. The lowest BCUT2D eigenvalue weighted by Gasteiger charge is -2.12. The molecule has 2 aromatic heterocycles. The Morgan fingerprint density at radius 1 is 1.38 bits per heavy atom. The number of hydrogen-bond donors (Lipinski definition) is 1. The zero-order chi connectivity index (χ0) is 16.8. The topological polar surface area (TPSA) is 89.9 Å². The van der Waals surface area contributed by atoms with Crippen molar-refractivity contribution in [1.82, 2.24) is 19.5 Å². The van der Waals surface area contributed by atoms with E-state index < -0.39 is 12.0 Å². The fourth-order valence-corrected chi connectivity index (χ4v) is 3.27. The summed E-state index contributed by atoms with van der Waals surface area (Å²) in [7, 11) is 1.33. The van der Waals surface area contributed by atoms with Crippen molar-refractivity contribution in [3.05, 3.63) is 46.6 Å². The van der Waals surface area contributed by atoms with Crippen molar-refractivity contribution in [2.24, 2.45) is 0 Å². The monoisotopic (exact) mass is 324 g/mol. The molecule has 1 N–H and O–H groups in total. The van der Waals surface area contributed by atoms with E-state index in [2.05, 4.69) is 15.0 Å². The largest absolute Gasteiger partial charge is 0.467 e. The molecule has 7 nitrogen and oxygen atoms in total. The van der Waals surface area contributed by atoms with Crippen LogP contribution in [0, 0.1) is 0 Å². The molecule has 0 fully saturated rings. The minimum Gasteiger partial charge on any atom is -0.467 e. The van der Waals surface area contributed by atoms with Gasteiger partial charge in [-0.2, -0.15) is 0 Å². The van der Waals surface area contributed by atoms with Gasteiger partial charge >= 0.3 is 5.97 Å². The third kappa shape index (κ3) is 2.05. The van der Waals surface area contributed by atoms with Crippen molar-refractivity contribution in [2.75, 3.05) is 7.11 Å². The minimum atomic E-state index is -0.635. The number of nitrogens with zero attached hydrogens (tertiary/aromatic N) is 3. The molecule has 122 valence electrons. The molecular weight excluding hydrogens is 308 g/mol. The number of aromatic nitrogens is 4. The van der Waals surface area contributed by atoms with Crippen LogP contribution in [-0.2, 0) is 9.53 Å². The smallest absolute Gasteiger partial charge is 0.329 e. The molecule has 0 saturated carbocycles. The quantitative estimate of drug-likeness (QED) is 0.728. The maximum atomic E-state index is 13.0. The summed E-state index contributed by atoms with van der Waals surface area (Å²) in [6.07, 6.45) is 2.04. The molecule has 0 unspecified atom stereocenters. The van der Waals surface area contributed by atoms with E-state index in [1.54, 1.807) is 0 Å². The number of esters is 1. The number of aromatic amines is 1. The van der Waals surface area contributed by atoms with Crippen LogP contribution in [0.3, 0.4) is 0 Å². The number of carbonyl (C=O) groups is 1. The molecule has 3 heterocycles. The first-order valence-electron chi connectivity index (χ1n) is 7.74. The molecule has 0 saturated heterocycles. The van der Waals surface area contributed by atoms with E-state index in [9.17, 15) is 9.59 Å². The molecule has 3 aromatic rings. The standard InChI is InChI=1S/C17H16N4O3/c1-9-7-13(17(23)24-2)21-15(9)18-8-10(16(21)22)14-19-11-5-3-4-6-12(11)20-14/h3-6,8-9,13H,7H2,1-2H3,(H,19,20)/t9-,13+/m1/s1. The first-order valence-corrected chi connectivity index (χ1v) is 7.74. The Morgan fingerprint density at radius 2 is 2.17 bits per heavy atom.